The average Bonchev–Trinajstić information content (AvgIpc) is 2.86. The van der Waals surface area contributed by atoms with Crippen molar-refractivity contribution in [3.8, 4) is 11.1 Å². The monoisotopic (exact) mass is 285 g/mol. The topological polar surface area (TPSA) is 29.1 Å². The highest BCUT2D eigenvalue weighted by Gasteiger charge is 2.24. The third kappa shape index (κ3) is 1.92. The van der Waals surface area contributed by atoms with Crippen molar-refractivity contribution in [2.75, 3.05) is 5.32 Å². The van der Waals surface area contributed by atoms with E-state index in [1.165, 1.54) is 16.7 Å². The van der Waals surface area contributed by atoms with Crippen LogP contribution in [-0.2, 0) is 4.79 Å². The maximum absolute atomic E-state index is 12.3. The van der Waals surface area contributed by atoms with Crippen LogP contribution in [0.15, 0.2) is 60.7 Å². The minimum absolute atomic E-state index is 0.0338. The van der Waals surface area contributed by atoms with Crippen LogP contribution in [0.2, 0.25) is 0 Å². The van der Waals surface area contributed by atoms with E-state index in [0.29, 0.717) is 0 Å². The SMILES string of the molecule is Cc1cc(C=C2C(=O)Nc3ccccc32)c2cccccc1-2. The third-order valence-electron chi connectivity index (χ3n) is 4.16. The fourth-order valence-corrected chi connectivity index (χ4v) is 3.09. The second kappa shape index (κ2) is 4.85. The van der Waals surface area contributed by atoms with Gasteiger partial charge < -0.3 is 5.32 Å². The molecule has 1 heterocycles. The largest absolute Gasteiger partial charge is 0.321 e. The van der Waals surface area contributed by atoms with Gasteiger partial charge in [-0.15, -0.1) is 0 Å². The van der Waals surface area contributed by atoms with E-state index in [2.05, 4.69) is 30.4 Å². The number of carbonyl (C=O) groups is 1. The molecule has 1 amide bonds. The molecule has 0 aromatic heterocycles. The number of aryl methyl sites for hydroxylation is 1. The quantitative estimate of drug-likeness (QED) is 0.651. The van der Waals surface area contributed by atoms with E-state index in [4.69, 9.17) is 0 Å². The molecule has 0 fully saturated rings. The van der Waals surface area contributed by atoms with Crippen molar-refractivity contribution in [1.29, 1.82) is 0 Å². The van der Waals surface area contributed by atoms with Crippen LogP contribution in [0.25, 0.3) is 22.8 Å². The van der Waals surface area contributed by atoms with Gasteiger partial charge in [-0.05, 0) is 41.3 Å². The van der Waals surface area contributed by atoms with Gasteiger partial charge in [-0.25, -0.2) is 0 Å². The summed E-state index contributed by atoms with van der Waals surface area (Å²) in [6.45, 7) is 2.10. The molecule has 2 heteroatoms. The van der Waals surface area contributed by atoms with Gasteiger partial charge in [-0.2, -0.15) is 0 Å². The number of hydrogen-bond donors (Lipinski definition) is 1. The van der Waals surface area contributed by atoms with Gasteiger partial charge in [0.05, 0.1) is 0 Å². The Morgan fingerprint density at radius 3 is 2.41 bits per heavy atom. The minimum atomic E-state index is -0.0338. The summed E-state index contributed by atoms with van der Waals surface area (Å²) in [5, 5.41) is 2.92. The van der Waals surface area contributed by atoms with Crippen molar-refractivity contribution >= 4 is 23.2 Å². The van der Waals surface area contributed by atoms with Crippen molar-refractivity contribution in [1.82, 2.24) is 0 Å². The zero-order valence-electron chi connectivity index (χ0n) is 12.3. The molecule has 2 nitrogen and oxygen atoms in total. The highest BCUT2D eigenvalue weighted by Crippen LogP contribution is 2.37. The first-order valence-corrected chi connectivity index (χ1v) is 7.35. The first kappa shape index (κ1) is 12.8. The van der Waals surface area contributed by atoms with Crippen LogP contribution >= 0.6 is 0 Å². The van der Waals surface area contributed by atoms with E-state index in [1.807, 2.05) is 48.5 Å². The molecule has 106 valence electrons. The number of benzene rings is 1. The molecule has 0 saturated carbocycles. The van der Waals surface area contributed by atoms with Crippen LogP contribution in [0.5, 0.6) is 0 Å². The van der Waals surface area contributed by atoms with Crippen molar-refractivity contribution in [2.45, 2.75) is 6.92 Å². The molecule has 22 heavy (non-hydrogen) atoms. The predicted molar refractivity (Wildman–Crippen MR) is 90.7 cm³/mol. The van der Waals surface area contributed by atoms with Crippen LogP contribution in [0, 0.1) is 6.92 Å². The molecule has 0 atom stereocenters. The molecule has 1 aliphatic heterocycles. The number of rotatable bonds is 1. The lowest BCUT2D eigenvalue weighted by Gasteiger charge is -1.99. The molecule has 1 aromatic carbocycles. The third-order valence-corrected chi connectivity index (χ3v) is 4.16. The number of fused-ring (bicyclic) bond motifs is 2. The standard InChI is InChI=1S/C20H15NO/c1-13-11-14(16-8-4-2-3-7-15(13)16)12-18-17-9-5-6-10-19(17)21-20(18)22/h2-12H,1H3,(H,21,22). The normalized spacial score (nSPS) is 15.1. The van der Waals surface area contributed by atoms with Crippen molar-refractivity contribution in [2.24, 2.45) is 0 Å². The van der Waals surface area contributed by atoms with E-state index in [0.717, 1.165) is 22.4 Å². The van der Waals surface area contributed by atoms with Crippen LogP contribution < -0.4 is 5.32 Å². The summed E-state index contributed by atoms with van der Waals surface area (Å²) >= 11 is 0. The molecule has 1 N–H and O–H groups in total. The molecule has 3 aliphatic rings. The maximum atomic E-state index is 12.3. The Labute approximate surface area is 129 Å². The average molecular weight is 285 g/mol. The first-order chi connectivity index (χ1) is 10.7. The molecule has 0 unspecified atom stereocenters. The number of amides is 1. The molecule has 0 bridgehead atoms. The van der Waals surface area contributed by atoms with Gasteiger partial charge in [0.15, 0.2) is 0 Å². The lowest BCUT2D eigenvalue weighted by atomic mass is 10.0. The fourth-order valence-electron chi connectivity index (χ4n) is 3.09. The lowest BCUT2D eigenvalue weighted by molar-refractivity contribution is -0.110. The first-order valence-electron chi connectivity index (χ1n) is 7.35. The lowest BCUT2D eigenvalue weighted by Crippen LogP contribution is -2.03. The van der Waals surface area contributed by atoms with Crippen LogP contribution in [0.3, 0.4) is 0 Å². The smallest absolute Gasteiger partial charge is 0.256 e. The molecule has 0 saturated heterocycles. The number of nitrogens with one attached hydrogen (secondary N) is 1. The molecule has 4 rings (SSSR count). The molecular formula is C20H15NO. The van der Waals surface area contributed by atoms with Crippen LogP contribution in [-0.4, -0.2) is 5.91 Å². The number of para-hydroxylation sites is 1. The second-order valence-corrected chi connectivity index (χ2v) is 5.58. The Hall–Kier alpha value is -2.87. The van der Waals surface area contributed by atoms with E-state index in [9.17, 15) is 4.79 Å². The van der Waals surface area contributed by atoms with Crippen LogP contribution in [0.4, 0.5) is 5.69 Å². The molecular weight excluding hydrogens is 270 g/mol. The predicted octanol–water partition coefficient (Wildman–Crippen LogP) is 4.59. The van der Waals surface area contributed by atoms with Crippen molar-refractivity contribution in [3.63, 3.8) is 0 Å². The molecule has 0 spiro atoms. The zero-order valence-corrected chi connectivity index (χ0v) is 12.3. The Balaban J connectivity index is 1.90. The Kier molecular flexibility index (Phi) is 2.83. The van der Waals surface area contributed by atoms with E-state index in [-0.39, 0.29) is 5.91 Å². The summed E-state index contributed by atoms with van der Waals surface area (Å²) in [5.74, 6) is -0.0338. The van der Waals surface area contributed by atoms with E-state index in [1.54, 1.807) is 0 Å². The summed E-state index contributed by atoms with van der Waals surface area (Å²) in [4.78, 5) is 12.3. The summed E-state index contributed by atoms with van der Waals surface area (Å²) in [6, 6.07) is 20.3. The van der Waals surface area contributed by atoms with Gasteiger partial charge in [0.2, 0.25) is 0 Å². The van der Waals surface area contributed by atoms with E-state index < -0.39 is 0 Å². The van der Waals surface area contributed by atoms with Crippen molar-refractivity contribution < 1.29 is 4.79 Å². The summed E-state index contributed by atoms with van der Waals surface area (Å²) < 4.78 is 0. The molecule has 1 aromatic rings. The number of hydrogen-bond acceptors (Lipinski definition) is 1. The maximum Gasteiger partial charge on any atom is 0.256 e. The van der Waals surface area contributed by atoms with Gasteiger partial charge in [0.1, 0.15) is 0 Å². The highest BCUT2D eigenvalue weighted by atomic mass is 16.2. The van der Waals surface area contributed by atoms with Gasteiger partial charge in [0, 0.05) is 16.8 Å². The zero-order chi connectivity index (χ0) is 15.1. The van der Waals surface area contributed by atoms with Gasteiger partial charge in [0.25, 0.3) is 5.91 Å². The Morgan fingerprint density at radius 2 is 1.55 bits per heavy atom. The molecule has 2 aliphatic carbocycles. The van der Waals surface area contributed by atoms with Crippen molar-refractivity contribution in [3.05, 3.63) is 77.4 Å². The Bertz CT molecular complexity index is 892. The second-order valence-electron chi connectivity index (χ2n) is 5.58. The summed E-state index contributed by atoms with van der Waals surface area (Å²) in [6.07, 6.45) is 2.00. The fraction of sp³-hybridized carbons (Fsp3) is 0.0500. The van der Waals surface area contributed by atoms with Gasteiger partial charge >= 0.3 is 0 Å². The van der Waals surface area contributed by atoms with Gasteiger partial charge in [-0.3, -0.25) is 4.79 Å². The van der Waals surface area contributed by atoms with E-state index >= 15 is 0 Å². The van der Waals surface area contributed by atoms with Crippen LogP contribution in [0.1, 0.15) is 16.7 Å². The highest BCUT2D eigenvalue weighted by molar-refractivity contribution is 6.35. The number of anilines is 1. The minimum Gasteiger partial charge on any atom is -0.321 e. The molecule has 0 radical (unpaired) electrons. The summed E-state index contributed by atoms with van der Waals surface area (Å²) in [7, 11) is 0. The number of carbonyl (C=O) groups excluding carboxylic acids is 1. The van der Waals surface area contributed by atoms with Gasteiger partial charge in [-0.1, -0.05) is 54.6 Å². The Morgan fingerprint density at radius 1 is 0.864 bits per heavy atom. The summed E-state index contributed by atoms with van der Waals surface area (Å²) in [5.41, 5.74) is 7.30.